The van der Waals surface area contributed by atoms with E-state index >= 15 is 0 Å². The molecule has 2 saturated heterocycles. The number of amides is 1. The van der Waals surface area contributed by atoms with Crippen LogP contribution in [0.25, 0.3) is 0 Å². The van der Waals surface area contributed by atoms with Crippen molar-refractivity contribution in [3.05, 3.63) is 65.2 Å². The number of carbonyl (C=O) groups is 1. The van der Waals surface area contributed by atoms with Gasteiger partial charge in [0.2, 0.25) is 0 Å². The van der Waals surface area contributed by atoms with Crippen molar-refractivity contribution in [2.75, 3.05) is 20.3 Å². The first kappa shape index (κ1) is 19.7. The minimum absolute atomic E-state index is 0.225. The molecule has 6 nitrogen and oxygen atoms in total. The average molecular weight is 397 g/mol. The number of aryl methyl sites for hydroxylation is 1. The maximum atomic E-state index is 12.8. The number of hydrogen-bond acceptors (Lipinski definition) is 5. The van der Waals surface area contributed by atoms with Crippen LogP contribution in [0, 0.1) is 6.92 Å². The molecule has 2 unspecified atom stereocenters. The van der Waals surface area contributed by atoms with Crippen LogP contribution in [-0.4, -0.2) is 48.5 Å². The van der Waals surface area contributed by atoms with Gasteiger partial charge < -0.3 is 19.3 Å². The van der Waals surface area contributed by atoms with E-state index in [-0.39, 0.29) is 24.8 Å². The second-order valence-corrected chi connectivity index (χ2v) is 7.91. The lowest BCUT2D eigenvalue weighted by atomic mass is 9.75. The van der Waals surface area contributed by atoms with Crippen LogP contribution in [-0.2, 0) is 21.7 Å². The molecule has 4 rings (SSSR count). The van der Waals surface area contributed by atoms with Gasteiger partial charge in [-0.1, -0.05) is 36.4 Å². The summed E-state index contributed by atoms with van der Waals surface area (Å²) in [5.41, 5.74) is 1.80. The molecule has 0 radical (unpaired) electrons. The number of benzene rings is 2. The maximum Gasteiger partial charge on any atom is 0.410 e. The highest BCUT2D eigenvalue weighted by molar-refractivity contribution is 5.69. The van der Waals surface area contributed by atoms with Gasteiger partial charge in [0.25, 0.3) is 0 Å². The van der Waals surface area contributed by atoms with Crippen molar-refractivity contribution in [3.8, 4) is 5.75 Å². The van der Waals surface area contributed by atoms with E-state index in [9.17, 15) is 9.90 Å². The number of methoxy groups -OCH3 is 1. The van der Waals surface area contributed by atoms with Crippen LogP contribution >= 0.6 is 0 Å². The van der Waals surface area contributed by atoms with Crippen LogP contribution in [0.15, 0.2) is 48.5 Å². The minimum Gasteiger partial charge on any atom is -0.497 e. The third kappa shape index (κ3) is 3.95. The fourth-order valence-corrected chi connectivity index (χ4v) is 4.57. The van der Waals surface area contributed by atoms with E-state index in [1.54, 1.807) is 12.0 Å². The molecule has 6 heteroatoms. The molecule has 2 heterocycles. The number of aliphatic hydroxyl groups is 1. The fourth-order valence-electron chi connectivity index (χ4n) is 4.57. The number of carbonyl (C=O) groups excluding carboxylic acids is 1. The molecule has 0 spiro atoms. The molecule has 1 N–H and O–H groups in total. The summed E-state index contributed by atoms with van der Waals surface area (Å²) in [6, 6.07) is 14.9. The molecule has 2 aliphatic heterocycles. The Labute approximate surface area is 171 Å². The first-order chi connectivity index (χ1) is 14.0. The standard InChI is InChI=1S/C23H27NO5/c1-16-10-20(27-2)8-9-21(16)23(26)11-18-14-28-15-19(12-23)24(18)22(25)29-13-17-6-4-3-5-7-17/h3-10,18-19,26H,11-15H2,1-2H3. The van der Waals surface area contributed by atoms with E-state index in [0.717, 1.165) is 22.4 Å². The zero-order valence-corrected chi connectivity index (χ0v) is 16.8. The summed E-state index contributed by atoms with van der Waals surface area (Å²) >= 11 is 0. The Morgan fingerprint density at radius 2 is 1.86 bits per heavy atom. The van der Waals surface area contributed by atoms with Gasteiger partial charge in [0.05, 0.1) is 38.0 Å². The second kappa shape index (κ2) is 8.05. The number of rotatable bonds is 4. The molecule has 0 aliphatic carbocycles. The Morgan fingerprint density at radius 1 is 1.17 bits per heavy atom. The van der Waals surface area contributed by atoms with Crippen LogP contribution in [0.3, 0.4) is 0 Å². The molecule has 2 aliphatic rings. The number of fused-ring (bicyclic) bond motifs is 2. The molecule has 0 saturated carbocycles. The van der Waals surface area contributed by atoms with Crippen LogP contribution in [0.5, 0.6) is 5.75 Å². The Kier molecular flexibility index (Phi) is 5.48. The van der Waals surface area contributed by atoms with E-state index in [0.29, 0.717) is 26.1 Å². The topological polar surface area (TPSA) is 68.2 Å². The summed E-state index contributed by atoms with van der Waals surface area (Å²) in [5.74, 6) is 0.764. The average Bonchev–Trinajstić information content (AvgIpc) is 2.72. The van der Waals surface area contributed by atoms with Gasteiger partial charge in [-0.2, -0.15) is 0 Å². The largest absolute Gasteiger partial charge is 0.497 e. The molecule has 2 fully saturated rings. The molecular weight excluding hydrogens is 370 g/mol. The van der Waals surface area contributed by atoms with Gasteiger partial charge in [0, 0.05) is 12.8 Å². The van der Waals surface area contributed by atoms with Gasteiger partial charge in [0.15, 0.2) is 0 Å². The Hall–Kier alpha value is -2.57. The Morgan fingerprint density at radius 3 is 2.48 bits per heavy atom. The first-order valence-corrected chi connectivity index (χ1v) is 9.94. The molecule has 1 amide bonds. The molecule has 154 valence electrons. The lowest BCUT2D eigenvalue weighted by molar-refractivity contribution is -0.137. The molecule has 2 aromatic carbocycles. The van der Waals surface area contributed by atoms with Gasteiger partial charge in [-0.15, -0.1) is 0 Å². The molecule has 2 atom stereocenters. The van der Waals surface area contributed by atoms with Gasteiger partial charge >= 0.3 is 6.09 Å². The number of piperidine rings is 1. The van der Waals surface area contributed by atoms with E-state index in [2.05, 4.69) is 0 Å². The Bertz CT molecular complexity index is 855. The monoisotopic (exact) mass is 397 g/mol. The van der Waals surface area contributed by atoms with Crippen molar-refractivity contribution >= 4 is 6.09 Å². The molecule has 2 aromatic rings. The van der Waals surface area contributed by atoms with Crippen molar-refractivity contribution in [1.29, 1.82) is 0 Å². The van der Waals surface area contributed by atoms with Crippen molar-refractivity contribution in [3.63, 3.8) is 0 Å². The van der Waals surface area contributed by atoms with Crippen LogP contribution in [0.4, 0.5) is 4.79 Å². The highest BCUT2D eigenvalue weighted by Gasteiger charge is 2.49. The predicted octanol–water partition coefficient (Wildman–Crippen LogP) is 3.39. The van der Waals surface area contributed by atoms with Crippen LogP contribution < -0.4 is 4.74 Å². The van der Waals surface area contributed by atoms with Crippen molar-refractivity contribution in [1.82, 2.24) is 4.90 Å². The van der Waals surface area contributed by atoms with Crippen molar-refractivity contribution < 1.29 is 24.1 Å². The van der Waals surface area contributed by atoms with Crippen molar-refractivity contribution in [2.24, 2.45) is 0 Å². The Balaban J connectivity index is 1.50. The number of nitrogens with zero attached hydrogens (tertiary/aromatic N) is 1. The second-order valence-electron chi connectivity index (χ2n) is 7.91. The summed E-state index contributed by atoms with van der Waals surface area (Å²) in [7, 11) is 1.63. The minimum atomic E-state index is -1.01. The third-order valence-electron chi connectivity index (χ3n) is 5.90. The summed E-state index contributed by atoms with van der Waals surface area (Å²) < 4.78 is 16.5. The van der Waals surface area contributed by atoms with Crippen LogP contribution in [0.2, 0.25) is 0 Å². The lowest BCUT2D eigenvalue weighted by Crippen LogP contribution is -2.62. The van der Waals surface area contributed by atoms with E-state index in [1.165, 1.54) is 0 Å². The quantitative estimate of drug-likeness (QED) is 0.857. The molecular formula is C23H27NO5. The van der Waals surface area contributed by atoms with E-state index < -0.39 is 5.60 Å². The van der Waals surface area contributed by atoms with Gasteiger partial charge in [-0.25, -0.2) is 4.79 Å². The number of ether oxygens (including phenoxy) is 3. The van der Waals surface area contributed by atoms with Gasteiger partial charge in [-0.3, -0.25) is 4.90 Å². The van der Waals surface area contributed by atoms with E-state index in [4.69, 9.17) is 14.2 Å². The van der Waals surface area contributed by atoms with Crippen LogP contribution in [0.1, 0.15) is 29.5 Å². The number of hydrogen-bond donors (Lipinski definition) is 1. The predicted molar refractivity (Wildman–Crippen MR) is 108 cm³/mol. The zero-order chi connectivity index (χ0) is 20.4. The summed E-state index contributed by atoms with van der Waals surface area (Å²) in [4.78, 5) is 14.6. The maximum absolute atomic E-state index is 12.8. The fraction of sp³-hybridized carbons (Fsp3) is 0.435. The molecule has 2 bridgehead atoms. The molecule has 0 aromatic heterocycles. The third-order valence-corrected chi connectivity index (χ3v) is 5.90. The summed E-state index contributed by atoms with van der Waals surface area (Å²) in [5, 5.41) is 11.5. The zero-order valence-electron chi connectivity index (χ0n) is 16.8. The first-order valence-electron chi connectivity index (χ1n) is 9.94. The SMILES string of the molecule is COc1ccc(C2(O)CC3COCC(C2)N3C(=O)OCc2ccccc2)c(C)c1. The van der Waals surface area contributed by atoms with Gasteiger partial charge in [-0.05, 0) is 35.7 Å². The van der Waals surface area contributed by atoms with Gasteiger partial charge in [0.1, 0.15) is 12.4 Å². The van der Waals surface area contributed by atoms with Crippen molar-refractivity contribution in [2.45, 2.75) is 44.1 Å². The summed E-state index contributed by atoms with van der Waals surface area (Å²) in [6.45, 7) is 3.00. The molecule has 29 heavy (non-hydrogen) atoms. The number of morpholine rings is 1. The highest BCUT2D eigenvalue weighted by atomic mass is 16.6. The highest BCUT2D eigenvalue weighted by Crippen LogP contribution is 2.42. The smallest absolute Gasteiger partial charge is 0.410 e. The lowest BCUT2D eigenvalue weighted by Gasteiger charge is -2.51. The summed E-state index contributed by atoms with van der Waals surface area (Å²) in [6.07, 6.45) is 0.481. The van der Waals surface area contributed by atoms with E-state index in [1.807, 2.05) is 55.5 Å². The normalized spacial score (nSPS) is 26.1.